The maximum Gasteiger partial charge on any atom is 0.327 e. The fourth-order valence-electron chi connectivity index (χ4n) is 3.12. The number of fused-ring (bicyclic) bond motifs is 3. The molecule has 2 saturated heterocycles. The van der Waals surface area contributed by atoms with Crippen molar-refractivity contribution in [1.29, 1.82) is 0 Å². The second-order valence-electron chi connectivity index (χ2n) is 5.11. The largest absolute Gasteiger partial charge is 0.327 e. The Morgan fingerprint density at radius 3 is 2.84 bits per heavy atom. The summed E-state index contributed by atoms with van der Waals surface area (Å²) in [4.78, 5) is 42.3. The summed E-state index contributed by atoms with van der Waals surface area (Å²) < 4.78 is 1.46. The molecule has 1 aliphatic carbocycles. The van der Waals surface area contributed by atoms with E-state index < -0.39 is 5.54 Å². The Kier molecular flexibility index (Phi) is 1.72. The Labute approximate surface area is 106 Å². The predicted molar refractivity (Wildman–Crippen MR) is 64.2 cm³/mol. The van der Waals surface area contributed by atoms with E-state index in [9.17, 15) is 14.4 Å². The van der Waals surface area contributed by atoms with Crippen molar-refractivity contribution in [2.45, 2.75) is 18.4 Å². The van der Waals surface area contributed by atoms with Crippen LogP contribution in [0.25, 0.3) is 11.0 Å². The number of nitrogens with zero attached hydrogens (tertiary/aromatic N) is 2. The molecule has 2 N–H and O–H groups in total. The molecular formula is C12H10N4O3. The summed E-state index contributed by atoms with van der Waals surface area (Å²) in [5.74, 6) is -0.794. The third-order valence-electron chi connectivity index (χ3n) is 4.11. The van der Waals surface area contributed by atoms with E-state index in [1.807, 2.05) is 0 Å². The number of amides is 2. The SMILES string of the molecule is O=C1NC(=O)C2(n3c(=O)[nH]c4cnccc43)CC1C2. The number of aromatic amines is 1. The molecule has 0 spiro atoms. The molecule has 2 amide bonds. The lowest BCUT2D eigenvalue weighted by Crippen LogP contribution is -2.68. The van der Waals surface area contributed by atoms with Crippen molar-refractivity contribution < 1.29 is 9.59 Å². The van der Waals surface area contributed by atoms with Gasteiger partial charge in [-0.2, -0.15) is 0 Å². The highest BCUT2D eigenvalue weighted by molar-refractivity contribution is 6.06. The third-order valence-corrected chi connectivity index (χ3v) is 4.11. The smallest absolute Gasteiger partial charge is 0.304 e. The van der Waals surface area contributed by atoms with E-state index in [4.69, 9.17) is 0 Å². The minimum absolute atomic E-state index is 0.170. The topological polar surface area (TPSA) is 96.9 Å². The van der Waals surface area contributed by atoms with E-state index in [0.717, 1.165) is 0 Å². The quantitative estimate of drug-likeness (QED) is 0.673. The third kappa shape index (κ3) is 1.12. The second kappa shape index (κ2) is 3.11. The van der Waals surface area contributed by atoms with Crippen molar-refractivity contribution in [2.24, 2.45) is 5.92 Å². The van der Waals surface area contributed by atoms with E-state index in [1.54, 1.807) is 18.5 Å². The van der Waals surface area contributed by atoms with Gasteiger partial charge in [-0.15, -0.1) is 0 Å². The van der Waals surface area contributed by atoms with Crippen LogP contribution in [0.5, 0.6) is 0 Å². The van der Waals surface area contributed by atoms with Gasteiger partial charge in [0.05, 0.1) is 17.2 Å². The zero-order chi connectivity index (χ0) is 13.2. The Morgan fingerprint density at radius 2 is 2.11 bits per heavy atom. The maximum atomic E-state index is 12.1. The van der Waals surface area contributed by atoms with Crippen LogP contribution in [0.4, 0.5) is 0 Å². The van der Waals surface area contributed by atoms with Crippen molar-refractivity contribution in [1.82, 2.24) is 19.9 Å². The van der Waals surface area contributed by atoms with Crippen LogP contribution < -0.4 is 11.0 Å². The normalized spacial score (nSPS) is 29.2. The lowest BCUT2D eigenvalue weighted by atomic mass is 9.64. The number of carbonyl (C=O) groups is 2. The van der Waals surface area contributed by atoms with Crippen molar-refractivity contribution >= 4 is 22.8 Å². The molecule has 4 heterocycles. The summed E-state index contributed by atoms with van der Waals surface area (Å²) in [6, 6.07) is 1.69. The number of pyridine rings is 1. The molecule has 96 valence electrons. The van der Waals surface area contributed by atoms with Gasteiger partial charge in [0.2, 0.25) is 5.91 Å². The van der Waals surface area contributed by atoms with Crippen molar-refractivity contribution in [2.75, 3.05) is 0 Å². The molecule has 2 aromatic heterocycles. The first-order chi connectivity index (χ1) is 9.12. The van der Waals surface area contributed by atoms with Gasteiger partial charge in [0.1, 0.15) is 5.54 Å². The highest BCUT2D eigenvalue weighted by atomic mass is 16.2. The standard InChI is InChI=1S/C12H10N4O3/c17-9-6-3-12(4-6,10(18)15-9)16-8-1-2-13-5-7(8)14-11(16)19/h1-2,5-6H,3-4H2,(H,14,19)(H,15,17,18). The number of carbonyl (C=O) groups excluding carboxylic acids is 2. The monoisotopic (exact) mass is 258 g/mol. The number of piperidine rings is 2. The highest BCUT2D eigenvalue weighted by Gasteiger charge is 2.59. The summed E-state index contributed by atoms with van der Waals surface area (Å²) in [6.45, 7) is 0. The van der Waals surface area contributed by atoms with Crippen LogP contribution in [0.2, 0.25) is 0 Å². The fraction of sp³-hybridized carbons (Fsp3) is 0.333. The summed E-state index contributed by atoms with van der Waals surface area (Å²) in [6.07, 6.45) is 3.91. The molecule has 1 saturated carbocycles. The van der Waals surface area contributed by atoms with Gasteiger partial charge in [-0.25, -0.2) is 4.79 Å². The number of rotatable bonds is 1. The minimum Gasteiger partial charge on any atom is -0.304 e. The van der Waals surface area contributed by atoms with E-state index in [1.165, 1.54) is 4.57 Å². The van der Waals surface area contributed by atoms with Crippen LogP contribution in [-0.4, -0.2) is 26.3 Å². The van der Waals surface area contributed by atoms with Crippen LogP contribution in [0.15, 0.2) is 23.3 Å². The number of hydrogen-bond donors (Lipinski definition) is 2. The first kappa shape index (κ1) is 10.5. The van der Waals surface area contributed by atoms with Crippen molar-refractivity contribution in [3.63, 3.8) is 0 Å². The number of imide groups is 1. The molecule has 3 fully saturated rings. The fourth-order valence-corrected chi connectivity index (χ4v) is 3.12. The molecule has 0 radical (unpaired) electrons. The molecule has 5 rings (SSSR count). The summed E-state index contributed by atoms with van der Waals surface area (Å²) >= 11 is 0. The molecule has 2 aliphatic heterocycles. The zero-order valence-electron chi connectivity index (χ0n) is 9.84. The maximum absolute atomic E-state index is 12.1. The van der Waals surface area contributed by atoms with Gasteiger partial charge in [-0.05, 0) is 18.9 Å². The molecular weight excluding hydrogens is 248 g/mol. The van der Waals surface area contributed by atoms with Crippen LogP contribution in [0.1, 0.15) is 12.8 Å². The van der Waals surface area contributed by atoms with Gasteiger partial charge in [-0.1, -0.05) is 0 Å². The molecule has 0 atom stereocenters. The number of hydrogen-bond acceptors (Lipinski definition) is 4. The van der Waals surface area contributed by atoms with Crippen molar-refractivity contribution in [3.8, 4) is 0 Å². The molecule has 0 unspecified atom stereocenters. The number of aromatic nitrogens is 3. The van der Waals surface area contributed by atoms with Crippen LogP contribution in [0.3, 0.4) is 0 Å². The van der Waals surface area contributed by atoms with Gasteiger partial charge < -0.3 is 4.98 Å². The predicted octanol–water partition coefficient (Wildman–Crippen LogP) is -0.514. The number of imidazole rings is 1. The van der Waals surface area contributed by atoms with E-state index >= 15 is 0 Å². The molecule has 19 heavy (non-hydrogen) atoms. The first-order valence-electron chi connectivity index (χ1n) is 6.02. The van der Waals surface area contributed by atoms with Gasteiger partial charge in [0.15, 0.2) is 0 Å². The molecule has 2 aromatic rings. The van der Waals surface area contributed by atoms with E-state index in [-0.39, 0.29) is 23.4 Å². The average molecular weight is 258 g/mol. The Morgan fingerprint density at radius 1 is 1.32 bits per heavy atom. The van der Waals surface area contributed by atoms with Gasteiger partial charge in [0, 0.05) is 12.1 Å². The zero-order valence-corrected chi connectivity index (χ0v) is 9.84. The molecule has 7 heteroatoms. The second-order valence-corrected chi connectivity index (χ2v) is 5.11. The van der Waals surface area contributed by atoms with Crippen LogP contribution in [-0.2, 0) is 15.1 Å². The minimum atomic E-state index is -0.921. The van der Waals surface area contributed by atoms with E-state index in [2.05, 4.69) is 15.3 Å². The average Bonchev–Trinajstić information content (AvgIpc) is 2.64. The molecule has 2 bridgehead atoms. The lowest BCUT2D eigenvalue weighted by Gasteiger charge is -2.49. The first-order valence-corrected chi connectivity index (χ1v) is 6.02. The van der Waals surface area contributed by atoms with Crippen molar-refractivity contribution in [3.05, 3.63) is 28.9 Å². The summed E-state index contributed by atoms with van der Waals surface area (Å²) in [5, 5.41) is 2.33. The lowest BCUT2D eigenvalue weighted by molar-refractivity contribution is -0.156. The Hall–Kier alpha value is -2.44. The van der Waals surface area contributed by atoms with Gasteiger partial charge in [0.25, 0.3) is 5.91 Å². The number of nitrogens with one attached hydrogen (secondary N) is 2. The highest BCUT2D eigenvalue weighted by Crippen LogP contribution is 2.47. The van der Waals surface area contributed by atoms with E-state index in [0.29, 0.717) is 23.9 Å². The molecule has 3 aliphatic rings. The van der Waals surface area contributed by atoms with Gasteiger partial charge >= 0.3 is 5.69 Å². The Bertz CT molecular complexity index is 782. The van der Waals surface area contributed by atoms with Crippen LogP contribution in [0, 0.1) is 5.92 Å². The molecule has 7 nitrogen and oxygen atoms in total. The summed E-state index contributed by atoms with van der Waals surface area (Å²) in [7, 11) is 0. The van der Waals surface area contributed by atoms with Crippen LogP contribution >= 0.6 is 0 Å². The Balaban J connectivity index is 1.97. The number of H-pyrrole nitrogens is 1. The molecule has 0 aromatic carbocycles. The summed E-state index contributed by atoms with van der Waals surface area (Å²) in [5.41, 5.74) is -0.0288. The van der Waals surface area contributed by atoms with Gasteiger partial charge in [-0.3, -0.25) is 24.5 Å².